The zero-order chi connectivity index (χ0) is 14.0. The van der Waals surface area contributed by atoms with E-state index in [2.05, 4.69) is 61.5 Å². The molecule has 0 bridgehead atoms. The first-order chi connectivity index (χ1) is 10.3. The molecule has 21 heavy (non-hydrogen) atoms. The summed E-state index contributed by atoms with van der Waals surface area (Å²) in [5.41, 5.74) is 5.70. The van der Waals surface area contributed by atoms with Gasteiger partial charge in [-0.3, -0.25) is 0 Å². The summed E-state index contributed by atoms with van der Waals surface area (Å²) in [6, 6.07) is 19.9. The summed E-state index contributed by atoms with van der Waals surface area (Å²) in [6.07, 6.45) is 1.06. The average molecular weight is 272 g/mol. The number of ether oxygens (including phenoxy) is 1. The first kappa shape index (κ1) is 11.4. The molecule has 0 N–H and O–H groups in total. The second-order valence-corrected chi connectivity index (χ2v) is 6.35. The molecule has 102 valence electrons. The zero-order valence-corrected chi connectivity index (χ0v) is 12.0. The molecule has 1 heteroatoms. The Kier molecular flexibility index (Phi) is 1.99. The van der Waals surface area contributed by atoms with Crippen molar-refractivity contribution in [3.63, 3.8) is 0 Å². The van der Waals surface area contributed by atoms with Crippen molar-refractivity contribution >= 4 is 10.8 Å². The fraction of sp³-hybridized carbons (Fsp3) is 0.200. The highest BCUT2D eigenvalue weighted by Gasteiger charge is 2.43. The molecule has 0 radical (unpaired) electrons. The van der Waals surface area contributed by atoms with Gasteiger partial charge in [-0.2, -0.15) is 0 Å². The maximum Gasteiger partial charge on any atom is 0.123 e. The lowest BCUT2D eigenvalue weighted by Crippen LogP contribution is -2.28. The van der Waals surface area contributed by atoms with E-state index in [1.54, 1.807) is 0 Å². The molecule has 0 aromatic heterocycles. The molecule has 3 aromatic carbocycles. The van der Waals surface area contributed by atoms with E-state index in [0.717, 1.165) is 18.8 Å². The van der Waals surface area contributed by atoms with Crippen LogP contribution in [0, 0.1) is 0 Å². The molecule has 0 spiro atoms. The Morgan fingerprint density at radius 2 is 1.71 bits per heavy atom. The van der Waals surface area contributed by atoms with Crippen molar-refractivity contribution in [1.82, 2.24) is 0 Å². The molecular weight excluding hydrogens is 256 g/mol. The van der Waals surface area contributed by atoms with Crippen LogP contribution in [-0.2, 0) is 5.41 Å². The standard InChI is InChI=1S/C20H16O/c1-20-9-10-21-18-8-4-7-15(19(18)20)16-11-13-5-2-3-6-14(13)12-17(16)20/h2-8,11-12H,9-10H2,1H3. The average Bonchev–Trinajstić information content (AvgIpc) is 2.77. The van der Waals surface area contributed by atoms with E-state index in [9.17, 15) is 0 Å². The third-order valence-corrected chi connectivity index (χ3v) is 5.21. The van der Waals surface area contributed by atoms with Crippen LogP contribution in [-0.4, -0.2) is 6.61 Å². The van der Waals surface area contributed by atoms with Crippen LogP contribution in [0.25, 0.3) is 21.9 Å². The minimum Gasteiger partial charge on any atom is -0.493 e. The van der Waals surface area contributed by atoms with Gasteiger partial charge < -0.3 is 4.74 Å². The molecule has 1 unspecified atom stereocenters. The van der Waals surface area contributed by atoms with E-state index in [1.165, 1.54) is 33.0 Å². The highest BCUT2D eigenvalue weighted by atomic mass is 16.5. The highest BCUT2D eigenvalue weighted by molar-refractivity contribution is 5.94. The van der Waals surface area contributed by atoms with E-state index in [1.807, 2.05) is 0 Å². The lowest BCUT2D eigenvalue weighted by atomic mass is 9.76. The largest absolute Gasteiger partial charge is 0.493 e. The first-order valence-corrected chi connectivity index (χ1v) is 7.57. The van der Waals surface area contributed by atoms with Gasteiger partial charge in [0.25, 0.3) is 0 Å². The zero-order valence-electron chi connectivity index (χ0n) is 12.0. The monoisotopic (exact) mass is 272 g/mol. The van der Waals surface area contributed by atoms with Crippen molar-refractivity contribution in [2.24, 2.45) is 0 Å². The van der Waals surface area contributed by atoms with Gasteiger partial charge in [-0.25, -0.2) is 0 Å². The smallest absolute Gasteiger partial charge is 0.123 e. The maximum atomic E-state index is 5.91. The van der Waals surface area contributed by atoms with E-state index >= 15 is 0 Å². The van der Waals surface area contributed by atoms with Gasteiger partial charge >= 0.3 is 0 Å². The molecule has 0 amide bonds. The molecule has 1 aliphatic carbocycles. The second kappa shape index (κ2) is 3.67. The van der Waals surface area contributed by atoms with Gasteiger partial charge in [0.2, 0.25) is 0 Å². The van der Waals surface area contributed by atoms with Gasteiger partial charge in [-0.05, 0) is 52.1 Å². The number of hydrogen-bond acceptors (Lipinski definition) is 1. The summed E-state index contributed by atoms with van der Waals surface area (Å²) in [6.45, 7) is 3.18. The predicted octanol–water partition coefficient (Wildman–Crippen LogP) is 4.91. The lowest BCUT2D eigenvalue weighted by Gasteiger charge is -2.33. The van der Waals surface area contributed by atoms with Gasteiger partial charge in [0.05, 0.1) is 6.61 Å². The molecule has 0 fully saturated rings. The molecule has 1 atom stereocenters. The fourth-order valence-corrected chi connectivity index (χ4v) is 4.12. The summed E-state index contributed by atoms with van der Waals surface area (Å²) in [7, 11) is 0. The van der Waals surface area contributed by atoms with Gasteiger partial charge in [-0.1, -0.05) is 43.3 Å². The fourth-order valence-electron chi connectivity index (χ4n) is 4.12. The van der Waals surface area contributed by atoms with Crippen molar-refractivity contribution in [3.05, 3.63) is 65.7 Å². The summed E-state index contributed by atoms with van der Waals surface area (Å²) in [4.78, 5) is 0. The third-order valence-electron chi connectivity index (χ3n) is 5.21. The van der Waals surface area contributed by atoms with Crippen LogP contribution in [0.3, 0.4) is 0 Å². The molecule has 1 heterocycles. The minimum absolute atomic E-state index is 0.101. The predicted molar refractivity (Wildman–Crippen MR) is 86.0 cm³/mol. The van der Waals surface area contributed by atoms with Gasteiger partial charge in [-0.15, -0.1) is 0 Å². The van der Waals surface area contributed by atoms with E-state index < -0.39 is 0 Å². The Bertz CT molecular complexity index is 893. The van der Waals surface area contributed by atoms with Crippen molar-refractivity contribution in [2.45, 2.75) is 18.8 Å². The van der Waals surface area contributed by atoms with Crippen molar-refractivity contribution in [1.29, 1.82) is 0 Å². The second-order valence-electron chi connectivity index (χ2n) is 6.35. The SMILES string of the molecule is CC12CCOc3cccc(c31)-c1cc3ccccc3cc12. The van der Waals surface area contributed by atoms with Gasteiger partial charge in [0.1, 0.15) is 5.75 Å². The van der Waals surface area contributed by atoms with E-state index in [0.29, 0.717) is 0 Å². The van der Waals surface area contributed by atoms with E-state index in [-0.39, 0.29) is 5.41 Å². The molecule has 3 aromatic rings. The van der Waals surface area contributed by atoms with Crippen LogP contribution >= 0.6 is 0 Å². The van der Waals surface area contributed by atoms with Crippen LogP contribution in [0.15, 0.2) is 54.6 Å². The van der Waals surface area contributed by atoms with Crippen LogP contribution in [0.2, 0.25) is 0 Å². The Balaban J connectivity index is 1.94. The third kappa shape index (κ3) is 1.31. The molecule has 1 aliphatic heterocycles. The number of hydrogen-bond donors (Lipinski definition) is 0. The minimum atomic E-state index is 0.101. The summed E-state index contributed by atoms with van der Waals surface area (Å²) >= 11 is 0. The van der Waals surface area contributed by atoms with Crippen LogP contribution in [0.5, 0.6) is 5.75 Å². The summed E-state index contributed by atoms with van der Waals surface area (Å²) in [5, 5.41) is 2.65. The Morgan fingerprint density at radius 1 is 0.905 bits per heavy atom. The quantitative estimate of drug-likeness (QED) is 0.565. The molecule has 2 aliphatic rings. The van der Waals surface area contributed by atoms with Gasteiger partial charge in [0.15, 0.2) is 0 Å². The van der Waals surface area contributed by atoms with Gasteiger partial charge in [0, 0.05) is 11.0 Å². The lowest BCUT2D eigenvalue weighted by molar-refractivity contribution is 0.247. The molecular formula is C20H16O. The number of rotatable bonds is 0. The topological polar surface area (TPSA) is 9.23 Å². The molecule has 0 saturated carbocycles. The maximum absolute atomic E-state index is 5.91. The molecule has 0 saturated heterocycles. The van der Waals surface area contributed by atoms with Crippen LogP contribution in [0.1, 0.15) is 24.5 Å². The Morgan fingerprint density at radius 3 is 2.57 bits per heavy atom. The van der Waals surface area contributed by atoms with Crippen LogP contribution in [0.4, 0.5) is 0 Å². The molecule has 1 nitrogen and oxygen atoms in total. The first-order valence-electron chi connectivity index (χ1n) is 7.57. The Hall–Kier alpha value is -2.28. The van der Waals surface area contributed by atoms with Crippen molar-refractivity contribution < 1.29 is 4.74 Å². The van der Waals surface area contributed by atoms with Crippen molar-refractivity contribution in [2.75, 3.05) is 6.61 Å². The van der Waals surface area contributed by atoms with E-state index in [4.69, 9.17) is 4.74 Å². The highest BCUT2D eigenvalue weighted by Crippen LogP contribution is 2.56. The summed E-state index contributed by atoms with van der Waals surface area (Å²) in [5.74, 6) is 1.07. The number of benzene rings is 3. The van der Waals surface area contributed by atoms with Crippen molar-refractivity contribution in [3.8, 4) is 16.9 Å². The normalized spacial score (nSPS) is 21.8. The van der Waals surface area contributed by atoms with Crippen LogP contribution < -0.4 is 4.74 Å². The Labute approximate surface area is 124 Å². The number of fused-ring (bicyclic) bond motifs is 4. The summed E-state index contributed by atoms with van der Waals surface area (Å²) < 4.78 is 5.91. The molecule has 5 rings (SSSR count).